The summed E-state index contributed by atoms with van der Waals surface area (Å²) in [4.78, 5) is 9.03. The van der Waals surface area contributed by atoms with Gasteiger partial charge in [0.25, 0.3) is 0 Å². The van der Waals surface area contributed by atoms with Crippen molar-refractivity contribution in [1.82, 2.24) is 4.57 Å². The molecule has 0 amide bonds. The Bertz CT molecular complexity index is 2700. The third-order valence-electron chi connectivity index (χ3n) is 9.42. The van der Waals surface area contributed by atoms with Gasteiger partial charge in [0.15, 0.2) is 5.84 Å². The van der Waals surface area contributed by atoms with Crippen molar-refractivity contribution in [2.45, 2.75) is 6.54 Å². The van der Waals surface area contributed by atoms with E-state index >= 15 is 0 Å². The quantitative estimate of drug-likeness (QED) is 0.133. The van der Waals surface area contributed by atoms with Gasteiger partial charge >= 0.3 is 0 Å². The molecule has 0 radical (unpaired) electrons. The molecule has 4 heteroatoms. The molecule has 0 saturated carbocycles. The molecule has 9 aromatic rings. The highest BCUT2D eigenvalue weighted by Gasteiger charge is 2.15. The third-order valence-corrected chi connectivity index (χ3v) is 9.42. The first kappa shape index (κ1) is 28.7. The van der Waals surface area contributed by atoms with Crippen molar-refractivity contribution in [3.05, 3.63) is 175 Å². The van der Waals surface area contributed by atoms with Crippen molar-refractivity contribution in [2.24, 2.45) is 9.98 Å². The molecular formula is C45H31N3O. The van der Waals surface area contributed by atoms with Crippen LogP contribution in [-0.2, 0) is 6.54 Å². The Balaban J connectivity index is 1.09. The second-order valence-electron chi connectivity index (χ2n) is 12.3. The predicted octanol–water partition coefficient (Wildman–Crippen LogP) is 11.7. The fraction of sp³-hybridized carbons (Fsp3) is 0.0222. The van der Waals surface area contributed by atoms with Gasteiger partial charge in [0, 0.05) is 32.8 Å². The second kappa shape index (κ2) is 11.9. The Hall–Kier alpha value is -6.52. The molecule has 0 atom stereocenters. The topological polar surface area (TPSA) is 42.8 Å². The van der Waals surface area contributed by atoms with Gasteiger partial charge in [0.1, 0.15) is 11.2 Å². The molecule has 0 saturated heterocycles. The molecule has 0 aliphatic rings. The smallest absolute Gasteiger partial charge is 0.154 e. The van der Waals surface area contributed by atoms with Crippen LogP contribution in [0.4, 0.5) is 0 Å². The Morgan fingerprint density at radius 3 is 2.00 bits per heavy atom. The van der Waals surface area contributed by atoms with E-state index in [4.69, 9.17) is 9.41 Å². The van der Waals surface area contributed by atoms with Crippen molar-refractivity contribution in [3.63, 3.8) is 0 Å². The van der Waals surface area contributed by atoms with Gasteiger partial charge in [0.05, 0.1) is 17.6 Å². The summed E-state index contributed by atoms with van der Waals surface area (Å²) in [6.45, 7) is 4.27. The van der Waals surface area contributed by atoms with Gasteiger partial charge in [-0.15, -0.1) is 0 Å². The van der Waals surface area contributed by atoms with Crippen LogP contribution in [0.2, 0.25) is 0 Å². The summed E-state index contributed by atoms with van der Waals surface area (Å²) in [7, 11) is 0. The Labute approximate surface area is 283 Å². The average molecular weight is 630 g/mol. The van der Waals surface area contributed by atoms with Crippen LogP contribution in [0.25, 0.3) is 71.7 Å². The summed E-state index contributed by atoms with van der Waals surface area (Å²) >= 11 is 0. The van der Waals surface area contributed by atoms with E-state index in [2.05, 4.69) is 138 Å². The van der Waals surface area contributed by atoms with Gasteiger partial charge in [-0.1, -0.05) is 115 Å². The van der Waals surface area contributed by atoms with Gasteiger partial charge in [0.2, 0.25) is 0 Å². The number of hydrogen-bond donors (Lipinski definition) is 0. The van der Waals surface area contributed by atoms with Crippen LogP contribution >= 0.6 is 0 Å². The van der Waals surface area contributed by atoms with Gasteiger partial charge < -0.3 is 8.98 Å². The van der Waals surface area contributed by atoms with Gasteiger partial charge in [-0.2, -0.15) is 0 Å². The Morgan fingerprint density at radius 1 is 0.531 bits per heavy atom. The fourth-order valence-corrected chi connectivity index (χ4v) is 7.05. The maximum atomic E-state index is 6.09. The molecule has 0 unspecified atom stereocenters. The lowest BCUT2D eigenvalue weighted by Crippen LogP contribution is -1.98. The summed E-state index contributed by atoms with van der Waals surface area (Å²) < 4.78 is 8.46. The number of benzene rings is 7. The van der Waals surface area contributed by atoms with Crippen LogP contribution in [-0.4, -0.2) is 17.1 Å². The molecule has 2 aromatic heterocycles. The molecule has 0 aliphatic carbocycles. The lowest BCUT2D eigenvalue weighted by atomic mass is 9.99. The van der Waals surface area contributed by atoms with Crippen LogP contribution in [0.15, 0.2) is 178 Å². The first-order chi connectivity index (χ1) is 24.2. The van der Waals surface area contributed by atoms with Crippen LogP contribution in [0, 0.1) is 0 Å². The van der Waals surface area contributed by atoms with Gasteiger partial charge in [-0.3, -0.25) is 4.99 Å². The summed E-state index contributed by atoms with van der Waals surface area (Å²) in [6.07, 6.45) is 0. The van der Waals surface area contributed by atoms with E-state index in [1.54, 1.807) is 0 Å². The zero-order valence-corrected chi connectivity index (χ0v) is 26.8. The minimum Gasteiger partial charge on any atom is -0.456 e. The maximum Gasteiger partial charge on any atom is 0.154 e. The van der Waals surface area contributed by atoms with E-state index in [1.807, 2.05) is 42.5 Å². The van der Waals surface area contributed by atoms with Crippen molar-refractivity contribution in [2.75, 3.05) is 0 Å². The molecule has 0 fully saturated rings. The fourth-order valence-electron chi connectivity index (χ4n) is 7.05. The molecular weight excluding hydrogens is 599 g/mol. The number of aliphatic imine (C=N–C) groups is 2. The van der Waals surface area contributed by atoms with E-state index in [9.17, 15) is 0 Å². The first-order valence-corrected chi connectivity index (χ1v) is 16.5. The zero-order valence-electron chi connectivity index (χ0n) is 26.8. The second-order valence-corrected chi connectivity index (χ2v) is 12.3. The molecule has 7 aromatic carbocycles. The SMILES string of the molecule is C=N/C(=N\Cc1ccccc1-c1ccc(-n2c3ccccc3c3cc(-c4ccc5oc6ccccc6c5c4)ccc32)cc1)c1ccccc1. The molecule has 232 valence electrons. The Kier molecular flexibility index (Phi) is 6.98. The molecule has 0 spiro atoms. The zero-order chi connectivity index (χ0) is 32.7. The molecule has 0 aliphatic heterocycles. The number of aromatic nitrogens is 1. The maximum absolute atomic E-state index is 6.09. The van der Waals surface area contributed by atoms with Crippen molar-refractivity contribution in [1.29, 1.82) is 0 Å². The number of nitrogens with zero attached hydrogens (tertiary/aromatic N) is 3. The normalized spacial score (nSPS) is 12.0. The number of rotatable bonds is 6. The predicted molar refractivity (Wildman–Crippen MR) is 205 cm³/mol. The van der Waals surface area contributed by atoms with E-state index < -0.39 is 0 Å². The van der Waals surface area contributed by atoms with Crippen molar-refractivity contribution in [3.8, 4) is 27.9 Å². The minimum atomic E-state index is 0.514. The van der Waals surface area contributed by atoms with Crippen molar-refractivity contribution >= 4 is 56.3 Å². The van der Waals surface area contributed by atoms with Gasteiger partial charge in [-0.25, -0.2) is 4.99 Å². The highest BCUT2D eigenvalue weighted by molar-refractivity contribution is 6.11. The summed E-state index contributed by atoms with van der Waals surface area (Å²) in [5.74, 6) is 0.649. The highest BCUT2D eigenvalue weighted by atomic mass is 16.3. The van der Waals surface area contributed by atoms with E-state index in [0.717, 1.165) is 49.9 Å². The summed E-state index contributed by atoms with van der Waals surface area (Å²) in [5, 5.41) is 4.73. The molecule has 0 bridgehead atoms. The van der Waals surface area contributed by atoms with E-state index in [-0.39, 0.29) is 0 Å². The first-order valence-electron chi connectivity index (χ1n) is 16.5. The Morgan fingerprint density at radius 2 is 1.16 bits per heavy atom. The molecule has 4 nitrogen and oxygen atoms in total. The van der Waals surface area contributed by atoms with E-state index in [1.165, 1.54) is 32.9 Å². The highest BCUT2D eigenvalue weighted by Crippen LogP contribution is 2.37. The number of fused-ring (bicyclic) bond motifs is 6. The van der Waals surface area contributed by atoms with E-state index in [0.29, 0.717) is 12.4 Å². The number of hydrogen-bond acceptors (Lipinski definition) is 2. The van der Waals surface area contributed by atoms with Crippen LogP contribution in [0.5, 0.6) is 0 Å². The number of amidine groups is 1. The average Bonchev–Trinajstić information content (AvgIpc) is 3.71. The monoisotopic (exact) mass is 629 g/mol. The van der Waals surface area contributed by atoms with Crippen LogP contribution < -0.4 is 0 Å². The van der Waals surface area contributed by atoms with Crippen LogP contribution in [0.3, 0.4) is 0 Å². The van der Waals surface area contributed by atoms with Crippen LogP contribution in [0.1, 0.15) is 11.1 Å². The molecule has 0 N–H and O–H groups in total. The number of furan rings is 1. The summed E-state index contributed by atoms with van der Waals surface area (Å²) in [6, 6.07) is 57.5. The van der Waals surface area contributed by atoms with Gasteiger partial charge in [-0.05, 0) is 83.1 Å². The standard InChI is InChI=1S/C45H31N3O/c1-46-45(31-11-3-2-4-12-31)47-29-34-13-5-6-14-36(34)30-19-23-35(24-20-30)48-41-17-9-7-15-37(41)39-27-32(21-25-42(39)48)33-22-26-44-40(28-33)38-16-8-10-18-43(38)49-44/h2-28H,1,29H2/b47-45-. The minimum absolute atomic E-state index is 0.514. The number of para-hydroxylation sites is 2. The molecule has 9 rings (SSSR count). The lowest BCUT2D eigenvalue weighted by molar-refractivity contribution is 0.669. The molecule has 2 heterocycles. The van der Waals surface area contributed by atoms with Crippen molar-refractivity contribution < 1.29 is 4.42 Å². The lowest BCUT2D eigenvalue weighted by Gasteiger charge is -2.12. The third kappa shape index (κ3) is 5.02. The largest absolute Gasteiger partial charge is 0.456 e. The molecule has 49 heavy (non-hydrogen) atoms. The summed E-state index contributed by atoms with van der Waals surface area (Å²) in [5.41, 5.74) is 12.0.